The van der Waals surface area contributed by atoms with Crippen molar-refractivity contribution in [3.63, 3.8) is 0 Å². The van der Waals surface area contributed by atoms with Crippen LogP contribution in [0.25, 0.3) is 0 Å². The zero-order chi connectivity index (χ0) is 10.3. The molecule has 3 heteroatoms. The Labute approximate surface area is 90.2 Å². The normalized spacial score (nSPS) is 41.6. The lowest BCUT2D eigenvalue weighted by atomic mass is 9.82. The molecule has 0 spiro atoms. The predicted octanol–water partition coefficient (Wildman–Crippen LogP) is 1.90. The maximum Gasteiger partial charge on any atom is 0.223 e. The van der Waals surface area contributed by atoms with Crippen molar-refractivity contribution in [1.29, 1.82) is 0 Å². The van der Waals surface area contributed by atoms with Crippen molar-refractivity contribution in [1.82, 2.24) is 5.32 Å². The van der Waals surface area contributed by atoms with E-state index in [4.69, 9.17) is 0 Å². The molecule has 4 atom stereocenters. The second kappa shape index (κ2) is 3.76. The first-order valence-electron chi connectivity index (χ1n) is 5.57. The summed E-state index contributed by atoms with van der Waals surface area (Å²) in [7, 11) is 0. The van der Waals surface area contributed by atoms with Crippen LogP contribution in [0.3, 0.4) is 0 Å². The number of rotatable bonds is 2. The van der Waals surface area contributed by atoms with Crippen LogP contribution in [0.4, 0.5) is 0 Å². The topological polar surface area (TPSA) is 29.1 Å². The number of hydrogen-bond donors (Lipinski definition) is 1. The van der Waals surface area contributed by atoms with Crippen molar-refractivity contribution in [2.45, 2.75) is 38.5 Å². The van der Waals surface area contributed by atoms with E-state index in [0.717, 1.165) is 12.2 Å². The van der Waals surface area contributed by atoms with Crippen LogP contribution in [-0.2, 0) is 4.79 Å². The molecule has 0 aliphatic carbocycles. The SMILES string of the molecule is CCC1C(=O)NC2CSC(C(C)C)C21. The van der Waals surface area contributed by atoms with Crippen LogP contribution in [0, 0.1) is 17.8 Å². The lowest BCUT2D eigenvalue weighted by Gasteiger charge is -2.24. The van der Waals surface area contributed by atoms with Crippen molar-refractivity contribution in [3.05, 3.63) is 0 Å². The van der Waals surface area contributed by atoms with Crippen LogP contribution in [0.15, 0.2) is 0 Å². The molecule has 80 valence electrons. The highest BCUT2D eigenvalue weighted by Crippen LogP contribution is 2.45. The van der Waals surface area contributed by atoms with E-state index in [0.29, 0.717) is 29.0 Å². The number of fused-ring (bicyclic) bond motifs is 1. The van der Waals surface area contributed by atoms with E-state index in [-0.39, 0.29) is 5.92 Å². The number of carbonyl (C=O) groups is 1. The molecule has 2 saturated heterocycles. The summed E-state index contributed by atoms with van der Waals surface area (Å²) >= 11 is 2.05. The summed E-state index contributed by atoms with van der Waals surface area (Å²) in [4.78, 5) is 11.7. The van der Waals surface area contributed by atoms with Gasteiger partial charge in [0.2, 0.25) is 5.91 Å². The molecule has 2 fully saturated rings. The average molecular weight is 213 g/mol. The molecule has 2 aliphatic heterocycles. The third-order valence-electron chi connectivity index (χ3n) is 3.54. The van der Waals surface area contributed by atoms with Crippen LogP contribution in [0.5, 0.6) is 0 Å². The Balaban J connectivity index is 2.17. The van der Waals surface area contributed by atoms with Gasteiger partial charge in [-0.25, -0.2) is 0 Å². The smallest absolute Gasteiger partial charge is 0.223 e. The van der Waals surface area contributed by atoms with Gasteiger partial charge in [0.1, 0.15) is 0 Å². The second-order valence-electron chi connectivity index (χ2n) is 4.75. The maximum atomic E-state index is 11.7. The van der Waals surface area contributed by atoms with E-state index in [1.165, 1.54) is 0 Å². The van der Waals surface area contributed by atoms with Crippen molar-refractivity contribution < 1.29 is 4.79 Å². The van der Waals surface area contributed by atoms with Gasteiger partial charge in [-0.1, -0.05) is 20.8 Å². The van der Waals surface area contributed by atoms with Gasteiger partial charge in [-0.3, -0.25) is 4.79 Å². The summed E-state index contributed by atoms with van der Waals surface area (Å²) in [5, 5.41) is 3.83. The van der Waals surface area contributed by atoms with Crippen LogP contribution < -0.4 is 5.32 Å². The van der Waals surface area contributed by atoms with Crippen LogP contribution in [-0.4, -0.2) is 23.0 Å². The van der Waals surface area contributed by atoms with Crippen molar-refractivity contribution in [3.8, 4) is 0 Å². The molecule has 0 bridgehead atoms. The largest absolute Gasteiger partial charge is 0.352 e. The Hall–Kier alpha value is -0.180. The monoisotopic (exact) mass is 213 g/mol. The van der Waals surface area contributed by atoms with Gasteiger partial charge < -0.3 is 5.32 Å². The van der Waals surface area contributed by atoms with Crippen LogP contribution >= 0.6 is 11.8 Å². The fraction of sp³-hybridized carbons (Fsp3) is 0.909. The Morgan fingerprint density at radius 3 is 2.86 bits per heavy atom. The highest BCUT2D eigenvalue weighted by atomic mass is 32.2. The van der Waals surface area contributed by atoms with Gasteiger partial charge in [-0.05, 0) is 12.3 Å². The minimum atomic E-state index is 0.280. The van der Waals surface area contributed by atoms with Gasteiger partial charge in [-0.2, -0.15) is 11.8 Å². The molecule has 1 N–H and O–H groups in total. The zero-order valence-corrected chi connectivity index (χ0v) is 9.93. The van der Waals surface area contributed by atoms with E-state index in [9.17, 15) is 4.79 Å². The third-order valence-corrected chi connectivity index (χ3v) is 5.33. The highest BCUT2D eigenvalue weighted by Gasteiger charge is 2.49. The Kier molecular flexibility index (Phi) is 2.78. The second-order valence-corrected chi connectivity index (χ2v) is 5.96. The molecule has 2 nitrogen and oxygen atoms in total. The Morgan fingerprint density at radius 2 is 2.29 bits per heavy atom. The summed E-state index contributed by atoms with van der Waals surface area (Å²) in [5.41, 5.74) is 0. The summed E-state index contributed by atoms with van der Waals surface area (Å²) in [6.07, 6.45) is 0.997. The van der Waals surface area contributed by atoms with Crippen LogP contribution in [0.1, 0.15) is 27.2 Å². The molecule has 0 aromatic heterocycles. The summed E-state index contributed by atoms with van der Waals surface area (Å²) in [6.45, 7) is 6.68. The molecule has 0 radical (unpaired) electrons. The lowest BCUT2D eigenvalue weighted by molar-refractivity contribution is -0.123. The minimum absolute atomic E-state index is 0.280. The molecule has 0 saturated carbocycles. The molecule has 1 amide bonds. The van der Waals surface area contributed by atoms with E-state index >= 15 is 0 Å². The van der Waals surface area contributed by atoms with Gasteiger partial charge in [-0.15, -0.1) is 0 Å². The van der Waals surface area contributed by atoms with Crippen molar-refractivity contribution >= 4 is 17.7 Å². The molecule has 0 aromatic carbocycles. The minimum Gasteiger partial charge on any atom is -0.352 e. The summed E-state index contributed by atoms with van der Waals surface area (Å²) < 4.78 is 0. The predicted molar refractivity (Wildman–Crippen MR) is 60.3 cm³/mol. The van der Waals surface area contributed by atoms with Gasteiger partial charge in [0.25, 0.3) is 0 Å². The molecular formula is C11H19NOS. The number of hydrogen-bond acceptors (Lipinski definition) is 2. The van der Waals surface area contributed by atoms with E-state index < -0.39 is 0 Å². The number of amides is 1. The number of nitrogens with one attached hydrogen (secondary N) is 1. The van der Waals surface area contributed by atoms with Gasteiger partial charge in [0.15, 0.2) is 0 Å². The van der Waals surface area contributed by atoms with Crippen molar-refractivity contribution in [2.75, 3.05) is 5.75 Å². The molecule has 2 heterocycles. The number of carbonyl (C=O) groups excluding carboxylic acids is 1. The Morgan fingerprint density at radius 1 is 1.57 bits per heavy atom. The molecular weight excluding hydrogens is 194 g/mol. The standard InChI is InChI=1S/C11H19NOS/c1-4-7-9-8(12-11(7)13)5-14-10(9)6(2)3/h6-10H,4-5H2,1-3H3,(H,12,13). The highest BCUT2D eigenvalue weighted by molar-refractivity contribution is 8.00. The fourth-order valence-electron chi connectivity index (χ4n) is 2.87. The fourth-order valence-corrected chi connectivity index (χ4v) is 4.59. The van der Waals surface area contributed by atoms with E-state index in [1.54, 1.807) is 0 Å². The molecule has 2 aliphatic rings. The van der Waals surface area contributed by atoms with E-state index in [1.807, 2.05) is 11.8 Å². The molecule has 2 rings (SSSR count). The quantitative estimate of drug-likeness (QED) is 0.759. The summed E-state index contributed by atoms with van der Waals surface area (Å²) in [5.74, 6) is 2.99. The first-order chi connectivity index (χ1) is 6.65. The van der Waals surface area contributed by atoms with Gasteiger partial charge in [0, 0.05) is 28.9 Å². The molecule has 0 aromatic rings. The van der Waals surface area contributed by atoms with E-state index in [2.05, 4.69) is 26.1 Å². The lowest BCUT2D eigenvalue weighted by Crippen LogP contribution is -2.30. The first-order valence-corrected chi connectivity index (χ1v) is 6.62. The van der Waals surface area contributed by atoms with Gasteiger partial charge >= 0.3 is 0 Å². The average Bonchev–Trinajstić information content (AvgIpc) is 2.61. The maximum absolute atomic E-state index is 11.7. The third kappa shape index (κ3) is 1.46. The Bertz CT molecular complexity index is 241. The molecule has 4 unspecified atom stereocenters. The van der Waals surface area contributed by atoms with Crippen molar-refractivity contribution in [2.24, 2.45) is 17.8 Å². The van der Waals surface area contributed by atoms with Crippen LogP contribution in [0.2, 0.25) is 0 Å². The first kappa shape index (κ1) is 10.3. The van der Waals surface area contributed by atoms with Gasteiger partial charge in [0.05, 0.1) is 0 Å². The molecule has 14 heavy (non-hydrogen) atoms. The summed E-state index contributed by atoms with van der Waals surface area (Å²) in [6, 6.07) is 0.463. The number of thioether (sulfide) groups is 1. The zero-order valence-electron chi connectivity index (χ0n) is 9.12.